The largest absolute Gasteiger partial charge is 0.301 e. The molecule has 0 spiro atoms. The molecule has 0 radical (unpaired) electrons. The van der Waals surface area contributed by atoms with Crippen molar-refractivity contribution < 1.29 is 42.8 Å². The SMILES string of the molecule is CS(=O)(=O)CCCS(=O)(=O)NCCCN(CCS(=O)(=O)O)CCS(=O)(=O)O. The third-order valence-corrected chi connectivity index (χ3v) is 7.13. The molecule has 0 heterocycles. The number of sulfonamides is 1. The van der Waals surface area contributed by atoms with Crippen molar-refractivity contribution in [2.24, 2.45) is 0 Å². The van der Waals surface area contributed by atoms with Crippen molar-refractivity contribution in [2.45, 2.75) is 12.8 Å². The van der Waals surface area contributed by atoms with E-state index in [-0.39, 0.29) is 50.5 Å². The van der Waals surface area contributed by atoms with Crippen molar-refractivity contribution in [3.8, 4) is 0 Å². The summed E-state index contributed by atoms with van der Waals surface area (Å²) in [5.74, 6) is -1.91. The number of nitrogens with zero attached hydrogens (tertiary/aromatic N) is 1. The van der Waals surface area contributed by atoms with Crippen LogP contribution < -0.4 is 4.72 Å². The average Bonchev–Trinajstić information content (AvgIpc) is 2.41. The van der Waals surface area contributed by atoms with Gasteiger partial charge in [-0.25, -0.2) is 21.6 Å². The Kier molecular flexibility index (Phi) is 10.8. The summed E-state index contributed by atoms with van der Waals surface area (Å²) in [6, 6.07) is 0. The lowest BCUT2D eigenvalue weighted by molar-refractivity contribution is 0.297. The zero-order valence-corrected chi connectivity index (χ0v) is 18.1. The number of hydrogen-bond acceptors (Lipinski definition) is 9. The van der Waals surface area contributed by atoms with E-state index in [4.69, 9.17) is 9.11 Å². The first-order valence-electron chi connectivity index (χ1n) is 7.77. The van der Waals surface area contributed by atoms with E-state index in [1.807, 2.05) is 0 Å². The Bertz CT molecular complexity index is 826. The second-order valence-electron chi connectivity index (χ2n) is 5.96. The number of sulfone groups is 1. The van der Waals surface area contributed by atoms with Gasteiger partial charge < -0.3 is 4.90 Å². The lowest BCUT2D eigenvalue weighted by atomic mass is 10.4. The highest BCUT2D eigenvalue weighted by atomic mass is 32.2. The Labute approximate surface area is 160 Å². The molecular weight excluding hydrogens is 448 g/mol. The summed E-state index contributed by atoms with van der Waals surface area (Å²) < 4.78 is 108. The summed E-state index contributed by atoms with van der Waals surface area (Å²) in [7, 11) is -15.5. The fraction of sp³-hybridized carbons (Fsp3) is 1.00. The molecule has 0 aromatic rings. The van der Waals surface area contributed by atoms with Gasteiger partial charge in [0, 0.05) is 25.9 Å². The molecule has 0 aromatic carbocycles. The fourth-order valence-electron chi connectivity index (χ4n) is 1.94. The van der Waals surface area contributed by atoms with E-state index < -0.39 is 51.6 Å². The van der Waals surface area contributed by atoms with Gasteiger partial charge in [0.25, 0.3) is 20.2 Å². The highest BCUT2D eigenvalue weighted by Crippen LogP contribution is 1.98. The van der Waals surface area contributed by atoms with E-state index in [1.54, 1.807) is 0 Å². The Hall–Kier alpha value is -0.360. The first kappa shape index (κ1) is 26.6. The average molecular weight is 475 g/mol. The van der Waals surface area contributed by atoms with E-state index in [9.17, 15) is 33.7 Å². The number of nitrogens with one attached hydrogen (secondary N) is 1. The second kappa shape index (κ2) is 11.0. The van der Waals surface area contributed by atoms with Crippen LogP contribution in [-0.2, 0) is 40.1 Å². The predicted molar refractivity (Wildman–Crippen MR) is 100 cm³/mol. The van der Waals surface area contributed by atoms with Crippen molar-refractivity contribution in [3.63, 3.8) is 0 Å². The van der Waals surface area contributed by atoms with Crippen molar-refractivity contribution in [1.29, 1.82) is 0 Å². The van der Waals surface area contributed by atoms with Crippen LogP contribution in [-0.4, -0.2) is 103 Å². The lowest BCUT2D eigenvalue weighted by Gasteiger charge is -2.21. The third-order valence-electron chi connectivity index (χ3n) is 3.23. The topological polar surface area (TPSA) is 192 Å². The maximum Gasteiger partial charge on any atom is 0.266 e. The maximum absolute atomic E-state index is 11.7. The molecule has 0 fully saturated rings. The first-order chi connectivity index (χ1) is 12.0. The molecule has 0 unspecified atom stereocenters. The molecule has 0 saturated carbocycles. The summed E-state index contributed by atoms with van der Waals surface area (Å²) >= 11 is 0. The van der Waals surface area contributed by atoms with Gasteiger partial charge >= 0.3 is 0 Å². The van der Waals surface area contributed by atoms with Crippen LogP contribution in [0.5, 0.6) is 0 Å². The summed E-state index contributed by atoms with van der Waals surface area (Å²) in [5, 5.41) is 0. The van der Waals surface area contributed by atoms with Gasteiger partial charge in [0.2, 0.25) is 10.0 Å². The smallest absolute Gasteiger partial charge is 0.266 e. The predicted octanol–water partition coefficient (Wildman–Crippen LogP) is -2.19. The quantitative estimate of drug-likeness (QED) is 0.172. The van der Waals surface area contributed by atoms with E-state index in [0.717, 1.165) is 6.26 Å². The summed E-state index contributed by atoms with van der Waals surface area (Å²) in [6.07, 6.45) is 1.14. The van der Waals surface area contributed by atoms with Crippen LogP contribution in [0.2, 0.25) is 0 Å². The minimum Gasteiger partial charge on any atom is -0.301 e. The lowest BCUT2D eigenvalue weighted by Crippen LogP contribution is -2.36. The molecule has 0 amide bonds. The molecule has 0 rings (SSSR count). The zero-order valence-electron chi connectivity index (χ0n) is 14.8. The van der Waals surface area contributed by atoms with Crippen molar-refractivity contribution >= 4 is 40.1 Å². The molecule has 12 nitrogen and oxygen atoms in total. The fourth-order valence-corrected chi connectivity index (χ4v) is 4.89. The third kappa shape index (κ3) is 18.8. The highest BCUT2D eigenvalue weighted by molar-refractivity contribution is 7.91. The standard InChI is InChI=1S/C11H26N2O10S4/c1-24(14,15)8-3-9-25(16,17)12-4-2-5-13(6-10-26(18,19)20)7-11-27(21,22)23/h12H,2-11H2,1H3,(H,18,19,20)(H,21,22,23). The number of rotatable bonds is 15. The normalized spacial score (nSPS) is 13.9. The molecule has 0 aliphatic rings. The molecule has 27 heavy (non-hydrogen) atoms. The van der Waals surface area contributed by atoms with Gasteiger partial charge in [-0.1, -0.05) is 0 Å². The molecule has 0 aliphatic carbocycles. The van der Waals surface area contributed by atoms with E-state index >= 15 is 0 Å². The van der Waals surface area contributed by atoms with Crippen LogP contribution in [0.1, 0.15) is 12.8 Å². The van der Waals surface area contributed by atoms with Gasteiger partial charge in [-0.3, -0.25) is 9.11 Å². The van der Waals surface area contributed by atoms with Crippen molar-refractivity contribution in [1.82, 2.24) is 9.62 Å². The van der Waals surface area contributed by atoms with Crippen molar-refractivity contribution in [2.75, 3.05) is 55.4 Å². The maximum atomic E-state index is 11.7. The second-order valence-corrected chi connectivity index (χ2v) is 13.3. The molecule has 0 atom stereocenters. The molecule has 0 aromatic heterocycles. The van der Waals surface area contributed by atoms with Crippen LogP contribution in [0, 0.1) is 0 Å². The Morgan fingerprint density at radius 3 is 1.59 bits per heavy atom. The zero-order chi connectivity index (χ0) is 21.4. The molecular formula is C11H26N2O10S4. The van der Waals surface area contributed by atoms with Crippen LogP contribution in [0.15, 0.2) is 0 Å². The summed E-state index contributed by atoms with van der Waals surface area (Å²) in [4.78, 5) is 1.35. The summed E-state index contributed by atoms with van der Waals surface area (Å²) in [6.45, 7) is -0.322. The van der Waals surface area contributed by atoms with Gasteiger partial charge in [-0.2, -0.15) is 16.8 Å². The van der Waals surface area contributed by atoms with Gasteiger partial charge in [-0.05, 0) is 19.4 Å². The number of hydrogen-bond donors (Lipinski definition) is 3. The monoisotopic (exact) mass is 474 g/mol. The van der Waals surface area contributed by atoms with Crippen LogP contribution in [0.4, 0.5) is 0 Å². The van der Waals surface area contributed by atoms with Crippen molar-refractivity contribution in [3.05, 3.63) is 0 Å². The van der Waals surface area contributed by atoms with Gasteiger partial charge in [-0.15, -0.1) is 0 Å². The van der Waals surface area contributed by atoms with Gasteiger partial charge in [0.05, 0.1) is 23.0 Å². The van der Waals surface area contributed by atoms with Crippen LogP contribution in [0.25, 0.3) is 0 Å². The molecule has 3 N–H and O–H groups in total. The minimum atomic E-state index is -4.26. The van der Waals surface area contributed by atoms with Gasteiger partial charge in [0.1, 0.15) is 9.84 Å². The summed E-state index contributed by atoms with van der Waals surface area (Å²) in [5.41, 5.74) is 0. The van der Waals surface area contributed by atoms with E-state index in [1.165, 1.54) is 4.90 Å². The van der Waals surface area contributed by atoms with Crippen LogP contribution >= 0.6 is 0 Å². The van der Waals surface area contributed by atoms with E-state index in [2.05, 4.69) is 4.72 Å². The minimum absolute atomic E-state index is 0.0323. The van der Waals surface area contributed by atoms with Gasteiger partial charge in [0.15, 0.2) is 0 Å². The Morgan fingerprint density at radius 1 is 0.704 bits per heavy atom. The Balaban J connectivity index is 4.43. The molecule has 16 heteroatoms. The first-order valence-corrected chi connectivity index (χ1v) is 14.7. The molecule has 0 aliphatic heterocycles. The highest BCUT2D eigenvalue weighted by Gasteiger charge is 2.15. The van der Waals surface area contributed by atoms with Crippen LogP contribution in [0.3, 0.4) is 0 Å². The molecule has 164 valence electrons. The molecule has 0 saturated heterocycles. The van der Waals surface area contributed by atoms with E-state index in [0.29, 0.717) is 0 Å². The molecule has 0 bridgehead atoms. The Morgan fingerprint density at radius 2 is 1.19 bits per heavy atom.